The van der Waals surface area contributed by atoms with Gasteiger partial charge in [0.2, 0.25) is 5.91 Å². The third kappa shape index (κ3) is 2.53. The van der Waals surface area contributed by atoms with Gasteiger partial charge < -0.3 is 10.2 Å². The quantitative estimate of drug-likeness (QED) is 0.944. The minimum absolute atomic E-state index is 0.0727. The summed E-state index contributed by atoms with van der Waals surface area (Å²) in [6, 6.07) is 17.2. The molecule has 0 saturated carbocycles. The Hall–Kier alpha value is -2.80. The number of fused-ring (bicyclic) bond motifs is 1. The van der Waals surface area contributed by atoms with Crippen molar-refractivity contribution in [3.63, 3.8) is 0 Å². The fraction of sp³-hybridized carbons (Fsp3) is 0.222. The first-order valence-corrected chi connectivity index (χ1v) is 7.39. The van der Waals surface area contributed by atoms with E-state index >= 15 is 0 Å². The molecule has 22 heavy (non-hydrogen) atoms. The van der Waals surface area contributed by atoms with Crippen molar-refractivity contribution in [2.45, 2.75) is 25.9 Å². The van der Waals surface area contributed by atoms with Crippen LogP contribution < -0.4 is 10.2 Å². The Morgan fingerprint density at radius 2 is 2.05 bits per heavy atom. The molecular weight excluding hydrogens is 274 g/mol. The van der Waals surface area contributed by atoms with E-state index in [9.17, 15) is 4.79 Å². The van der Waals surface area contributed by atoms with E-state index < -0.39 is 0 Å². The highest BCUT2D eigenvalue weighted by atomic mass is 16.2. The Bertz CT molecular complexity index is 748. The molecule has 1 heterocycles. The van der Waals surface area contributed by atoms with Crippen LogP contribution in [0.1, 0.15) is 24.5 Å². The number of rotatable bonds is 3. The second kappa shape index (κ2) is 5.90. The van der Waals surface area contributed by atoms with Crippen molar-refractivity contribution < 1.29 is 4.79 Å². The molecule has 3 rings (SSSR count). The Morgan fingerprint density at radius 1 is 1.23 bits per heavy atom. The van der Waals surface area contributed by atoms with Gasteiger partial charge in [-0.1, -0.05) is 31.2 Å². The van der Waals surface area contributed by atoms with Crippen LogP contribution in [0.15, 0.2) is 48.5 Å². The van der Waals surface area contributed by atoms with Gasteiger partial charge in [0.1, 0.15) is 6.04 Å². The molecule has 0 fully saturated rings. The van der Waals surface area contributed by atoms with Crippen LogP contribution in [-0.4, -0.2) is 11.9 Å². The van der Waals surface area contributed by atoms with Crippen LogP contribution in [0.3, 0.4) is 0 Å². The zero-order chi connectivity index (χ0) is 15.5. The number of hydrogen-bond donors (Lipinski definition) is 1. The molecule has 1 unspecified atom stereocenters. The Balaban J connectivity index is 1.97. The average molecular weight is 291 g/mol. The first kappa shape index (κ1) is 14.2. The number of nitriles is 1. The Morgan fingerprint density at radius 3 is 2.82 bits per heavy atom. The van der Waals surface area contributed by atoms with Crippen molar-refractivity contribution >= 4 is 17.3 Å². The number of nitrogens with one attached hydrogen (secondary N) is 1. The van der Waals surface area contributed by atoms with Crippen LogP contribution in [0.5, 0.6) is 0 Å². The standard InChI is InChI=1S/C18H17N3O/c1-2-15-18(22)21(17-9-4-3-8-16(17)20-15)12-14-7-5-6-13(10-14)11-19/h3-10,15,20H,2,12H2,1H3. The molecule has 1 N–H and O–H groups in total. The number of nitrogens with zero attached hydrogens (tertiary/aromatic N) is 2. The highest BCUT2D eigenvalue weighted by molar-refractivity contribution is 6.04. The number of para-hydroxylation sites is 2. The Labute approximate surface area is 130 Å². The lowest BCUT2D eigenvalue weighted by Crippen LogP contribution is -2.46. The minimum Gasteiger partial charge on any atom is -0.372 e. The fourth-order valence-electron chi connectivity index (χ4n) is 2.75. The summed E-state index contributed by atoms with van der Waals surface area (Å²) in [5.41, 5.74) is 3.43. The van der Waals surface area contributed by atoms with E-state index in [-0.39, 0.29) is 11.9 Å². The van der Waals surface area contributed by atoms with Crippen molar-refractivity contribution in [3.05, 3.63) is 59.7 Å². The molecule has 0 radical (unpaired) electrons. The molecule has 2 aromatic carbocycles. The Kier molecular flexibility index (Phi) is 3.80. The summed E-state index contributed by atoms with van der Waals surface area (Å²) in [7, 11) is 0. The topological polar surface area (TPSA) is 56.1 Å². The minimum atomic E-state index is -0.200. The number of anilines is 2. The monoisotopic (exact) mass is 291 g/mol. The lowest BCUT2D eigenvalue weighted by Gasteiger charge is -2.35. The first-order chi connectivity index (χ1) is 10.7. The van der Waals surface area contributed by atoms with Crippen LogP contribution in [0, 0.1) is 11.3 Å². The van der Waals surface area contributed by atoms with E-state index in [0.717, 1.165) is 23.4 Å². The molecule has 1 aliphatic heterocycles. The number of hydrogen-bond acceptors (Lipinski definition) is 3. The van der Waals surface area contributed by atoms with Crippen molar-refractivity contribution in [1.82, 2.24) is 0 Å². The molecule has 0 bridgehead atoms. The van der Waals surface area contributed by atoms with Gasteiger partial charge >= 0.3 is 0 Å². The van der Waals surface area contributed by atoms with Crippen molar-refractivity contribution in [2.24, 2.45) is 0 Å². The summed E-state index contributed by atoms with van der Waals surface area (Å²) in [6.07, 6.45) is 0.738. The van der Waals surface area contributed by atoms with E-state index in [1.807, 2.05) is 49.4 Å². The third-order valence-electron chi connectivity index (χ3n) is 3.89. The summed E-state index contributed by atoms with van der Waals surface area (Å²) in [6.45, 7) is 2.47. The predicted octanol–water partition coefficient (Wildman–Crippen LogP) is 3.30. The number of carbonyl (C=O) groups is 1. The van der Waals surface area contributed by atoms with Gasteiger partial charge in [0.15, 0.2) is 0 Å². The maximum Gasteiger partial charge on any atom is 0.249 e. The van der Waals surface area contributed by atoms with Crippen LogP contribution >= 0.6 is 0 Å². The van der Waals surface area contributed by atoms with Gasteiger partial charge in [-0.2, -0.15) is 5.26 Å². The molecule has 2 aromatic rings. The van der Waals surface area contributed by atoms with Crippen molar-refractivity contribution in [3.8, 4) is 6.07 Å². The van der Waals surface area contributed by atoms with Gasteiger partial charge in [0, 0.05) is 0 Å². The van der Waals surface area contributed by atoms with Gasteiger partial charge in [-0.05, 0) is 36.2 Å². The highest BCUT2D eigenvalue weighted by Crippen LogP contribution is 2.33. The molecular formula is C18H17N3O. The van der Waals surface area contributed by atoms with E-state index in [1.165, 1.54) is 0 Å². The SMILES string of the molecule is CCC1Nc2ccccc2N(Cc2cccc(C#N)c2)C1=O. The first-order valence-electron chi connectivity index (χ1n) is 7.39. The molecule has 110 valence electrons. The van der Waals surface area contributed by atoms with Gasteiger partial charge in [0.05, 0.1) is 29.6 Å². The van der Waals surface area contributed by atoms with E-state index in [0.29, 0.717) is 12.1 Å². The van der Waals surface area contributed by atoms with E-state index in [1.54, 1.807) is 11.0 Å². The van der Waals surface area contributed by atoms with Crippen LogP contribution in [-0.2, 0) is 11.3 Å². The summed E-state index contributed by atoms with van der Waals surface area (Å²) in [4.78, 5) is 14.5. The summed E-state index contributed by atoms with van der Waals surface area (Å²) in [5, 5.41) is 12.3. The van der Waals surface area contributed by atoms with E-state index in [4.69, 9.17) is 5.26 Å². The number of carbonyl (C=O) groups excluding carboxylic acids is 1. The highest BCUT2D eigenvalue weighted by Gasteiger charge is 2.30. The van der Waals surface area contributed by atoms with Crippen LogP contribution in [0.4, 0.5) is 11.4 Å². The zero-order valence-corrected chi connectivity index (χ0v) is 12.4. The molecule has 4 nitrogen and oxygen atoms in total. The zero-order valence-electron chi connectivity index (χ0n) is 12.4. The summed E-state index contributed by atoms with van der Waals surface area (Å²) in [5.74, 6) is 0.0727. The fourth-order valence-corrected chi connectivity index (χ4v) is 2.75. The molecule has 0 aromatic heterocycles. The molecule has 0 saturated heterocycles. The molecule has 1 atom stereocenters. The van der Waals surface area contributed by atoms with Gasteiger partial charge in [-0.25, -0.2) is 0 Å². The lowest BCUT2D eigenvalue weighted by molar-refractivity contribution is -0.119. The summed E-state index contributed by atoms with van der Waals surface area (Å²) < 4.78 is 0. The molecule has 4 heteroatoms. The average Bonchev–Trinajstić information content (AvgIpc) is 2.57. The molecule has 0 aliphatic carbocycles. The van der Waals surface area contributed by atoms with Gasteiger partial charge in [0.25, 0.3) is 0 Å². The molecule has 0 spiro atoms. The third-order valence-corrected chi connectivity index (χ3v) is 3.89. The maximum atomic E-state index is 12.7. The number of benzene rings is 2. The predicted molar refractivity (Wildman–Crippen MR) is 86.5 cm³/mol. The molecule has 1 aliphatic rings. The maximum absolute atomic E-state index is 12.7. The van der Waals surface area contributed by atoms with Gasteiger partial charge in [-0.15, -0.1) is 0 Å². The van der Waals surface area contributed by atoms with E-state index in [2.05, 4.69) is 11.4 Å². The molecule has 1 amide bonds. The van der Waals surface area contributed by atoms with Crippen LogP contribution in [0.2, 0.25) is 0 Å². The smallest absolute Gasteiger partial charge is 0.249 e. The van der Waals surface area contributed by atoms with Crippen molar-refractivity contribution in [2.75, 3.05) is 10.2 Å². The van der Waals surface area contributed by atoms with Crippen LogP contribution in [0.25, 0.3) is 0 Å². The second-order valence-corrected chi connectivity index (χ2v) is 5.36. The normalized spacial score (nSPS) is 16.6. The lowest BCUT2D eigenvalue weighted by atomic mass is 10.0. The summed E-state index contributed by atoms with van der Waals surface area (Å²) >= 11 is 0. The van der Waals surface area contributed by atoms with Gasteiger partial charge in [-0.3, -0.25) is 4.79 Å². The second-order valence-electron chi connectivity index (χ2n) is 5.36. The number of amides is 1. The largest absolute Gasteiger partial charge is 0.372 e. The van der Waals surface area contributed by atoms with Crippen molar-refractivity contribution in [1.29, 1.82) is 5.26 Å².